The molecule has 1 N–H and O–H groups in total. The Morgan fingerprint density at radius 1 is 1.22 bits per heavy atom. The van der Waals surface area contributed by atoms with Crippen LogP contribution in [0.15, 0.2) is 24.3 Å². The number of hydrogen-bond donors (Lipinski definition) is 1. The van der Waals surface area contributed by atoms with E-state index in [1.54, 1.807) is 0 Å². The lowest BCUT2D eigenvalue weighted by atomic mass is 10.0. The molecule has 100 valence electrons. The van der Waals surface area contributed by atoms with Crippen LogP contribution in [-0.4, -0.2) is 26.2 Å². The zero-order chi connectivity index (χ0) is 12.8. The van der Waals surface area contributed by atoms with Gasteiger partial charge in [-0.05, 0) is 43.4 Å². The number of para-hydroxylation sites is 1. The smallest absolute Gasteiger partial charge is 0.0399 e. The predicted molar refractivity (Wildman–Crippen MR) is 79.3 cm³/mol. The second kappa shape index (κ2) is 6.79. The minimum absolute atomic E-state index is 0.799. The van der Waals surface area contributed by atoms with E-state index in [0.717, 1.165) is 25.6 Å². The number of nitrogens with one attached hydrogen (secondary N) is 1. The first kappa shape index (κ1) is 13.4. The third kappa shape index (κ3) is 3.74. The number of rotatable bonds is 6. The first-order valence-corrected chi connectivity index (χ1v) is 7.31. The minimum Gasteiger partial charge on any atom is -0.370 e. The second-order valence-corrected chi connectivity index (χ2v) is 5.65. The normalized spacial score (nSPS) is 14.9. The Morgan fingerprint density at radius 3 is 2.89 bits per heavy atom. The molecule has 0 aliphatic carbocycles. The molecular weight excluding hydrogens is 220 g/mol. The molecule has 2 nitrogen and oxygen atoms in total. The molecule has 0 saturated carbocycles. The number of hydrogen-bond acceptors (Lipinski definition) is 2. The van der Waals surface area contributed by atoms with Gasteiger partial charge in [-0.3, -0.25) is 0 Å². The van der Waals surface area contributed by atoms with E-state index < -0.39 is 0 Å². The molecule has 2 rings (SSSR count). The van der Waals surface area contributed by atoms with Gasteiger partial charge < -0.3 is 10.2 Å². The van der Waals surface area contributed by atoms with Crippen LogP contribution in [0.3, 0.4) is 0 Å². The van der Waals surface area contributed by atoms with Gasteiger partial charge in [0.1, 0.15) is 0 Å². The zero-order valence-corrected chi connectivity index (χ0v) is 11.8. The van der Waals surface area contributed by atoms with E-state index in [2.05, 4.69) is 48.3 Å². The molecule has 1 aliphatic rings. The number of nitrogens with zero attached hydrogens (tertiary/aromatic N) is 1. The van der Waals surface area contributed by atoms with Gasteiger partial charge in [0.2, 0.25) is 0 Å². The van der Waals surface area contributed by atoms with Gasteiger partial charge >= 0.3 is 0 Å². The van der Waals surface area contributed by atoms with Crippen LogP contribution in [-0.2, 0) is 6.42 Å². The van der Waals surface area contributed by atoms with Crippen LogP contribution in [0.5, 0.6) is 0 Å². The van der Waals surface area contributed by atoms with Crippen molar-refractivity contribution in [1.29, 1.82) is 0 Å². The summed E-state index contributed by atoms with van der Waals surface area (Å²) in [6, 6.07) is 8.85. The van der Waals surface area contributed by atoms with E-state index in [1.165, 1.54) is 37.1 Å². The fourth-order valence-corrected chi connectivity index (χ4v) is 2.57. The molecule has 18 heavy (non-hydrogen) atoms. The van der Waals surface area contributed by atoms with Crippen molar-refractivity contribution in [1.82, 2.24) is 5.32 Å². The Bertz CT molecular complexity index is 360. The van der Waals surface area contributed by atoms with Crippen molar-refractivity contribution in [3.8, 4) is 0 Å². The summed E-state index contributed by atoms with van der Waals surface area (Å²) in [5, 5.41) is 3.55. The molecule has 0 bridgehead atoms. The maximum absolute atomic E-state index is 3.55. The van der Waals surface area contributed by atoms with E-state index in [4.69, 9.17) is 0 Å². The molecule has 0 amide bonds. The second-order valence-electron chi connectivity index (χ2n) is 5.65. The third-order valence-corrected chi connectivity index (χ3v) is 3.66. The van der Waals surface area contributed by atoms with Crippen molar-refractivity contribution in [3.05, 3.63) is 29.8 Å². The van der Waals surface area contributed by atoms with E-state index in [0.29, 0.717) is 0 Å². The summed E-state index contributed by atoms with van der Waals surface area (Å²) < 4.78 is 0. The maximum Gasteiger partial charge on any atom is 0.0399 e. The van der Waals surface area contributed by atoms with Crippen LogP contribution in [0.1, 0.15) is 32.3 Å². The summed E-state index contributed by atoms with van der Waals surface area (Å²) in [4.78, 5) is 2.53. The van der Waals surface area contributed by atoms with Crippen LogP contribution in [0.25, 0.3) is 0 Å². The van der Waals surface area contributed by atoms with Gasteiger partial charge in [-0.2, -0.15) is 0 Å². The van der Waals surface area contributed by atoms with Gasteiger partial charge in [0.05, 0.1) is 0 Å². The quantitative estimate of drug-likeness (QED) is 0.776. The predicted octanol–water partition coefficient (Wildman–Crippen LogP) is 3.07. The Hall–Kier alpha value is -1.02. The zero-order valence-electron chi connectivity index (χ0n) is 11.8. The molecule has 0 aromatic heterocycles. The average Bonchev–Trinajstić information content (AvgIpc) is 2.38. The molecule has 0 atom stereocenters. The van der Waals surface area contributed by atoms with E-state index in [-0.39, 0.29) is 0 Å². The fourth-order valence-electron chi connectivity index (χ4n) is 2.57. The van der Waals surface area contributed by atoms with Crippen LogP contribution in [0.4, 0.5) is 5.69 Å². The minimum atomic E-state index is 0.799. The molecule has 1 aliphatic heterocycles. The largest absolute Gasteiger partial charge is 0.370 e. The monoisotopic (exact) mass is 246 g/mol. The Balaban J connectivity index is 1.77. The van der Waals surface area contributed by atoms with Crippen LogP contribution >= 0.6 is 0 Å². The van der Waals surface area contributed by atoms with Gasteiger partial charge in [0, 0.05) is 25.3 Å². The van der Waals surface area contributed by atoms with Crippen molar-refractivity contribution in [3.63, 3.8) is 0 Å². The molecule has 2 heteroatoms. The van der Waals surface area contributed by atoms with Crippen LogP contribution < -0.4 is 10.2 Å². The molecule has 0 spiro atoms. The lowest BCUT2D eigenvalue weighted by molar-refractivity contribution is 0.534. The summed E-state index contributed by atoms with van der Waals surface area (Å²) in [5.74, 6) is 0.799. The van der Waals surface area contributed by atoms with E-state index in [1.807, 2.05) is 0 Å². The number of benzene rings is 1. The summed E-state index contributed by atoms with van der Waals surface area (Å²) in [5.41, 5.74) is 2.97. The number of anilines is 1. The highest BCUT2D eigenvalue weighted by Crippen LogP contribution is 2.25. The summed E-state index contributed by atoms with van der Waals surface area (Å²) in [7, 11) is 0. The molecule has 0 radical (unpaired) electrons. The molecule has 1 aromatic carbocycles. The van der Waals surface area contributed by atoms with Crippen molar-refractivity contribution in [2.75, 3.05) is 31.1 Å². The highest BCUT2D eigenvalue weighted by Gasteiger charge is 2.15. The van der Waals surface area contributed by atoms with E-state index >= 15 is 0 Å². The highest BCUT2D eigenvalue weighted by atomic mass is 15.1. The highest BCUT2D eigenvalue weighted by molar-refractivity contribution is 5.55. The van der Waals surface area contributed by atoms with Crippen LogP contribution in [0.2, 0.25) is 0 Å². The number of aryl methyl sites for hydroxylation is 1. The Morgan fingerprint density at radius 2 is 2.06 bits per heavy atom. The van der Waals surface area contributed by atoms with Gasteiger partial charge in [-0.15, -0.1) is 0 Å². The standard InChI is InChI=1S/C16H26N2/c1-14(2)9-10-17-11-13-18-12-5-7-15-6-3-4-8-16(15)18/h3-4,6,8,14,17H,5,7,9-13H2,1-2H3. The van der Waals surface area contributed by atoms with Gasteiger partial charge in [-0.25, -0.2) is 0 Å². The van der Waals surface area contributed by atoms with Crippen molar-refractivity contribution < 1.29 is 0 Å². The Labute approximate surface area is 111 Å². The summed E-state index contributed by atoms with van der Waals surface area (Å²) in [6.07, 6.45) is 3.81. The van der Waals surface area contributed by atoms with Crippen molar-refractivity contribution >= 4 is 5.69 Å². The Kier molecular flexibility index (Phi) is 5.06. The lowest BCUT2D eigenvalue weighted by Gasteiger charge is -2.31. The molecule has 0 fully saturated rings. The van der Waals surface area contributed by atoms with Gasteiger partial charge in [0.25, 0.3) is 0 Å². The first-order valence-electron chi connectivity index (χ1n) is 7.31. The average molecular weight is 246 g/mol. The SMILES string of the molecule is CC(C)CCNCCN1CCCc2ccccc21. The van der Waals surface area contributed by atoms with Crippen molar-refractivity contribution in [2.24, 2.45) is 5.92 Å². The van der Waals surface area contributed by atoms with Crippen LogP contribution in [0, 0.1) is 5.92 Å². The molecule has 1 heterocycles. The molecule has 1 aromatic rings. The van der Waals surface area contributed by atoms with E-state index in [9.17, 15) is 0 Å². The lowest BCUT2D eigenvalue weighted by Crippen LogP contribution is -2.36. The van der Waals surface area contributed by atoms with Crippen molar-refractivity contribution in [2.45, 2.75) is 33.1 Å². The van der Waals surface area contributed by atoms with Gasteiger partial charge in [0.15, 0.2) is 0 Å². The topological polar surface area (TPSA) is 15.3 Å². The summed E-state index contributed by atoms with van der Waals surface area (Å²) in [6.45, 7) is 9.15. The molecular formula is C16H26N2. The maximum atomic E-state index is 3.55. The summed E-state index contributed by atoms with van der Waals surface area (Å²) >= 11 is 0. The third-order valence-electron chi connectivity index (χ3n) is 3.66. The fraction of sp³-hybridized carbons (Fsp3) is 0.625. The first-order chi connectivity index (χ1) is 8.77. The molecule has 0 unspecified atom stereocenters. The number of fused-ring (bicyclic) bond motifs is 1. The van der Waals surface area contributed by atoms with Gasteiger partial charge in [-0.1, -0.05) is 32.0 Å². The molecule has 0 saturated heterocycles.